The predicted octanol–water partition coefficient (Wildman–Crippen LogP) is 3.93. The number of para-hydroxylation sites is 1. The lowest BCUT2D eigenvalue weighted by molar-refractivity contribution is 0.670. The van der Waals surface area contributed by atoms with Crippen LogP contribution in [0.5, 0.6) is 0 Å². The third kappa shape index (κ3) is 1.23. The van der Waals surface area contributed by atoms with Crippen LogP contribution in [0.1, 0.15) is 0 Å². The zero-order chi connectivity index (χ0) is 10.4. The summed E-state index contributed by atoms with van der Waals surface area (Å²) in [5.74, 6) is 0. The predicted molar refractivity (Wildman–Crippen MR) is 65.8 cm³/mol. The Bertz CT molecular complexity index is 657. The van der Waals surface area contributed by atoms with Gasteiger partial charge in [-0.1, -0.05) is 28.1 Å². The molecule has 0 aliphatic heterocycles. The summed E-state index contributed by atoms with van der Waals surface area (Å²) >= 11 is 3.45. The van der Waals surface area contributed by atoms with Crippen molar-refractivity contribution in [3.8, 4) is 0 Å². The van der Waals surface area contributed by atoms with Crippen LogP contribution in [0.4, 0.5) is 5.69 Å². The first kappa shape index (κ1) is 8.80. The van der Waals surface area contributed by atoms with Gasteiger partial charge in [-0.15, -0.1) is 0 Å². The van der Waals surface area contributed by atoms with E-state index in [9.17, 15) is 0 Å². The number of fused-ring (bicyclic) bond motifs is 3. The molecule has 3 heteroatoms. The van der Waals surface area contributed by atoms with E-state index < -0.39 is 0 Å². The van der Waals surface area contributed by atoms with Crippen molar-refractivity contribution < 1.29 is 4.42 Å². The molecule has 0 bridgehead atoms. The summed E-state index contributed by atoms with van der Waals surface area (Å²) in [6.45, 7) is 0. The summed E-state index contributed by atoms with van der Waals surface area (Å²) in [7, 11) is 0. The van der Waals surface area contributed by atoms with Gasteiger partial charge in [0.15, 0.2) is 5.58 Å². The Balaban J connectivity index is 2.58. The molecule has 1 aromatic heterocycles. The van der Waals surface area contributed by atoms with Crippen molar-refractivity contribution in [3.63, 3.8) is 0 Å². The molecule has 3 rings (SSSR count). The summed E-state index contributed by atoms with van der Waals surface area (Å²) in [6.07, 6.45) is 0. The van der Waals surface area contributed by atoms with E-state index in [0.717, 1.165) is 26.4 Å². The van der Waals surface area contributed by atoms with Crippen molar-refractivity contribution in [2.75, 3.05) is 5.73 Å². The summed E-state index contributed by atoms with van der Waals surface area (Å²) in [4.78, 5) is 0. The normalized spacial score (nSPS) is 11.3. The maximum absolute atomic E-state index is 5.85. The minimum Gasteiger partial charge on any atom is -0.454 e. The highest BCUT2D eigenvalue weighted by molar-refractivity contribution is 9.10. The standard InChI is InChI=1S/C12H8BrNO/c13-7-4-5-11-9(6-7)8-2-1-3-10(14)12(8)15-11/h1-6H,14H2. The molecule has 2 N–H and O–H groups in total. The van der Waals surface area contributed by atoms with Gasteiger partial charge in [0.1, 0.15) is 5.58 Å². The third-order valence-corrected chi connectivity index (χ3v) is 2.98. The minimum atomic E-state index is 0.680. The molecule has 74 valence electrons. The van der Waals surface area contributed by atoms with Crippen molar-refractivity contribution in [1.82, 2.24) is 0 Å². The highest BCUT2D eigenvalue weighted by atomic mass is 79.9. The fraction of sp³-hybridized carbons (Fsp3) is 0. The van der Waals surface area contributed by atoms with Crippen molar-refractivity contribution >= 4 is 43.6 Å². The fourth-order valence-corrected chi connectivity index (χ4v) is 2.15. The van der Waals surface area contributed by atoms with Crippen molar-refractivity contribution in [1.29, 1.82) is 0 Å². The molecule has 0 saturated heterocycles. The van der Waals surface area contributed by atoms with E-state index in [1.54, 1.807) is 0 Å². The van der Waals surface area contributed by atoms with E-state index in [0.29, 0.717) is 5.69 Å². The summed E-state index contributed by atoms with van der Waals surface area (Å²) in [5, 5.41) is 2.15. The molecule has 0 amide bonds. The maximum Gasteiger partial charge on any atom is 0.158 e. The molecule has 0 atom stereocenters. The first-order chi connectivity index (χ1) is 7.25. The van der Waals surface area contributed by atoms with Crippen LogP contribution < -0.4 is 5.73 Å². The van der Waals surface area contributed by atoms with E-state index in [2.05, 4.69) is 15.9 Å². The number of nitrogens with two attached hydrogens (primary N) is 1. The molecule has 2 aromatic carbocycles. The Morgan fingerprint density at radius 2 is 1.93 bits per heavy atom. The lowest BCUT2D eigenvalue weighted by atomic mass is 10.1. The lowest BCUT2D eigenvalue weighted by Gasteiger charge is -1.92. The van der Waals surface area contributed by atoms with Crippen LogP contribution in [0.15, 0.2) is 45.3 Å². The second-order valence-electron chi connectivity index (χ2n) is 3.47. The van der Waals surface area contributed by atoms with Gasteiger partial charge in [-0.25, -0.2) is 0 Å². The lowest BCUT2D eigenvalue weighted by Crippen LogP contribution is -1.82. The Labute approximate surface area is 94.8 Å². The van der Waals surface area contributed by atoms with Gasteiger partial charge in [0.05, 0.1) is 5.69 Å². The van der Waals surface area contributed by atoms with Gasteiger partial charge in [0.2, 0.25) is 0 Å². The molecule has 0 fully saturated rings. The van der Waals surface area contributed by atoms with Gasteiger partial charge in [-0.05, 0) is 24.3 Å². The van der Waals surface area contributed by atoms with Crippen molar-refractivity contribution in [3.05, 3.63) is 40.9 Å². The Morgan fingerprint density at radius 3 is 2.80 bits per heavy atom. The number of furan rings is 1. The number of halogens is 1. The molecule has 0 aliphatic carbocycles. The van der Waals surface area contributed by atoms with Gasteiger partial charge < -0.3 is 10.2 Å². The first-order valence-corrected chi connectivity index (χ1v) is 5.41. The van der Waals surface area contributed by atoms with Gasteiger partial charge in [-0.3, -0.25) is 0 Å². The Morgan fingerprint density at radius 1 is 1.07 bits per heavy atom. The number of nitrogen functional groups attached to an aromatic ring is 1. The van der Waals surface area contributed by atoms with Crippen molar-refractivity contribution in [2.45, 2.75) is 0 Å². The van der Waals surface area contributed by atoms with Gasteiger partial charge >= 0.3 is 0 Å². The molecule has 3 aromatic rings. The summed E-state index contributed by atoms with van der Waals surface area (Å²) < 4.78 is 6.73. The van der Waals surface area contributed by atoms with Crippen LogP contribution in [0.25, 0.3) is 21.9 Å². The van der Waals surface area contributed by atoms with Crippen molar-refractivity contribution in [2.24, 2.45) is 0 Å². The zero-order valence-corrected chi connectivity index (χ0v) is 9.41. The topological polar surface area (TPSA) is 39.2 Å². The van der Waals surface area contributed by atoms with E-state index in [1.807, 2.05) is 36.4 Å². The number of hydrogen-bond donors (Lipinski definition) is 1. The highest BCUT2D eigenvalue weighted by Crippen LogP contribution is 2.33. The first-order valence-electron chi connectivity index (χ1n) is 4.62. The minimum absolute atomic E-state index is 0.680. The summed E-state index contributed by atoms with van der Waals surface area (Å²) in [6, 6.07) is 11.7. The monoisotopic (exact) mass is 261 g/mol. The molecule has 1 heterocycles. The summed E-state index contributed by atoms with van der Waals surface area (Å²) in [5.41, 5.74) is 8.17. The van der Waals surface area contributed by atoms with Crippen LogP contribution in [0.2, 0.25) is 0 Å². The van der Waals surface area contributed by atoms with E-state index >= 15 is 0 Å². The Kier molecular flexibility index (Phi) is 1.76. The molecule has 0 unspecified atom stereocenters. The molecule has 15 heavy (non-hydrogen) atoms. The van der Waals surface area contributed by atoms with Gasteiger partial charge in [0.25, 0.3) is 0 Å². The molecule has 0 aliphatic rings. The van der Waals surface area contributed by atoms with Crippen LogP contribution in [0.3, 0.4) is 0 Å². The smallest absolute Gasteiger partial charge is 0.158 e. The van der Waals surface area contributed by atoms with Crippen LogP contribution in [0, 0.1) is 0 Å². The molecule has 0 saturated carbocycles. The maximum atomic E-state index is 5.85. The van der Waals surface area contributed by atoms with E-state index in [1.165, 1.54) is 0 Å². The second-order valence-corrected chi connectivity index (χ2v) is 4.38. The third-order valence-electron chi connectivity index (χ3n) is 2.49. The fourth-order valence-electron chi connectivity index (χ4n) is 1.79. The molecule has 0 radical (unpaired) electrons. The van der Waals surface area contributed by atoms with Crippen LogP contribution in [-0.2, 0) is 0 Å². The number of hydrogen-bond acceptors (Lipinski definition) is 2. The van der Waals surface area contributed by atoms with Gasteiger partial charge in [-0.2, -0.15) is 0 Å². The average molecular weight is 262 g/mol. The number of benzene rings is 2. The average Bonchev–Trinajstić information content (AvgIpc) is 2.58. The zero-order valence-electron chi connectivity index (χ0n) is 7.83. The Hall–Kier alpha value is -1.48. The van der Waals surface area contributed by atoms with Crippen LogP contribution in [-0.4, -0.2) is 0 Å². The second kappa shape index (κ2) is 3.00. The number of rotatable bonds is 0. The molecule has 0 spiro atoms. The molecular formula is C12H8BrNO. The molecule has 2 nitrogen and oxygen atoms in total. The van der Waals surface area contributed by atoms with E-state index in [-0.39, 0.29) is 0 Å². The SMILES string of the molecule is Nc1cccc2c1oc1ccc(Br)cc12. The largest absolute Gasteiger partial charge is 0.454 e. The number of anilines is 1. The molecular weight excluding hydrogens is 254 g/mol. The van der Waals surface area contributed by atoms with E-state index in [4.69, 9.17) is 10.2 Å². The quantitative estimate of drug-likeness (QED) is 0.623. The van der Waals surface area contributed by atoms with Crippen LogP contribution >= 0.6 is 15.9 Å². The highest BCUT2D eigenvalue weighted by Gasteiger charge is 2.08. The van der Waals surface area contributed by atoms with Gasteiger partial charge in [0, 0.05) is 15.2 Å².